The average Bonchev–Trinajstić information content (AvgIpc) is 2.75. The second-order valence-electron chi connectivity index (χ2n) is 6.04. The van der Waals surface area contributed by atoms with E-state index in [4.69, 9.17) is 0 Å². The van der Waals surface area contributed by atoms with Gasteiger partial charge in [-0.3, -0.25) is 9.59 Å². The molecule has 0 saturated heterocycles. The third-order valence-electron chi connectivity index (χ3n) is 3.77. The predicted octanol–water partition coefficient (Wildman–Crippen LogP) is 4.25. The normalized spacial score (nSPS) is 10.4. The van der Waals surface area contributed by atoms with Crippen molar-refractivity contribution in [3.63, 3.8) is 0 Å². The molecule has 2 amide bonds. The van der Waals surface area contributed by atoms with Crippen LogP contribution in [-0.4, -0.2) is 33.3 Å². The molecule has 6 nitrogen and oxygen atoms in total. The largest absolute Gasteiger partial charge is 0.325 e. The molecule has 3 rings (SSSR count). The van der Waals surface area contributed by atoms with Gasteiger partial charge in [0.25, 0.3) is 0 Å². The van der Waals surface area contributed by atoms with Crippen LogP contribution in [0.3, 0.4) is 0 Å². The van der Waals surface area contributed by atoms with E-state index >= 15 is 0 Å². The minimum atomic E-state index is -0.132. The number of benzene rings is 1. The van der Waals surface area contributed by atoms with Crippen LogP contribution in [0.1, 0.15) is 5.56 Å². The SMILES string of the molecule is Cc1ccc(NC(=O)CSc2ccccn2)cc1NC(=O)CSc1ccccn1. The van der Waals surface area contributed by atoms with Crippen LogP contribution in [0.15, 0.2) is 77.0 Å². The van der Waals surface area contributed by atoms with E-state index in [2.05, 4.69) is 20.6 Å². The zero-order valence-electron chi connectivity index (χ0n) is 15.8. The van der Waals surface area contributed by atoms with Gasteiger partial charge in [-0.2, -0.15) is 0 Å². The number of hydrogen-bond acceptors (Lipinski definition) is 6. The van der Waals surface area contributed by atoms with Crippen molar-refractivity contribution in [1.29, 1.82) is 0 Å². The van der Waals surface area contributed by atoms with Gasteiger partial charge in [0.15, 0.2) is 0 Å². The number of carbonyl (C=O) groups is 2. The van der Waals surface area contributed by atoms with E-state index in [1.165, 1.54) is 23.5 Å². The second-order valence-corrected chi connectivity index (χ2v) is 8.03. The van der Waals surface area contributed by atoms with Crippen LogP contribution in [0.25, 0.3) is 0 Å². The lowest BCUT2D eigenvalue weighted by molar-refractivity contribution is -0.114. The van der Waals surface area contributed by atoms with Crippen LogP contribution in [0.2, 0.25) is 0 Å². The summed E-state index contributed by atoms with van der Waals surface area (Å²) in [5.41, 5.74) is 2.23. The number of thioether (sulfide) groups is 2. The van der Waals surface area contributed by atoms with Gasteiger partial charge >= 0.3 is 0 Å². The molecule has 0 unspecified atom stereocenters. The maximum atomic E-state index is 12.3. The van der Waals surface area contributed by atoms with E-state index in [1.54, 1.807) is 18.5 Å². The summed E-state index contributed by atoms with van der Waals surface area (Å²) in [6, 6.07) is 16.6. The topological polar surface area (TPSA) is 84.0 Å². The van der Waals surface area contributed by atoms with Crippen LogP contribution < -0.4 is 10.6 Å². The molecule has 2 aromatic heterocycles. The van der Waals surface area contributed by atoms with Crippen LogP contribution in [0.4, 0.5) is 11.4 Å². The maximum Gasteiger partial charge on any atom is 0.234 e. The molecule has 148 valence electrons. The lowest BCUT2D eigenvalue weighted by atomic mass is 10.2. The Morgan fingerprint density at radius 2 is 1.41 bits per heavy atom. The molecule has 0 saturated carbocycles. The van der Waals surface area contributed by atoms with Gasteiger partial charge < -0.3 is 10.6 Å². The summed E-state index contributed by atoms with van der Waals surface area (Å²) in [5.74, 6) is 0.256. The van der Waals surface area contributed by atoms with Crippen LogP contribution in [0.5, 0.6) is 0 Å². The number of amides is 2. The molecule has 0 atom stereocenters. The first-order valence-electron chi connectivity index (χ1n) is 8.88. The number of hydrogen-bond donors (Lipinski definition) is 2. The molecule has 0 bridgehead atoms. The van der Waals surface area contributed by atoms with Crippen molar-refractivity contribution in [3.05, 3.63) is 72.6 Å². The Morgan fingerprint density at radius 3 is 1.97 bits per heavy atom. The highest BCUT2D eigenvalue weighted by atomic mass is 32.2. The van der Waals surface area contributed by atoms with Gasteiger partial charge in [0.1, 0.15) is 0 Å². The van der Waals surface area contributed by atoms with Crippen LogP contribution in [0, 0.1) is 6.92 Å². The van der Waals surface area contributed by atoms with Crippen molar-refractivity contribution in [3.8, 4) is 0 Å². The van der Waals surface area contributed by atoms with E-state index in [0.29, 0.717) is 11.4 Å². The van der Waals surface area contributed by atoms with Gasteiger partial charge in [-0.25, -0.2) is 9.97 Å². The van der Waals surface area contributed by atoms with Crippen molar-refractivity contribution in [2.75, 3.05) is 22.1 Å². The van der Waals surface area contributed by atoms with E-state index < -0.39 is 0 Å². The molecule has 0 aliphatic heterocycles. The number of pyridine rings is 2. The summed E-state index contributed by atoms with van der Waals surface area (Å²) in [6.45, 7) is 1.91. The highest BCUT2D eigenvalue weighted by molar-refractivity contribution is 8.00. The van der Waals surface area contributed by atoms with Crippen molar-refractivity contribution in [2.45, 2.75) is 17.0 Å². The molecule has 2 heterocycles. The Labute approximate surface area is 177 Å². The quantitative estimate of drug-likeness (QED) is 0.526. The molecule has 0 spiro atoms. The summed E-state index contributed by atoms with van der Waals surface area (Å²) in [5, 5.41) is 7.35. The standard InChI is InChI=1S/C21H20N4O2S2/c1-15-8-9-16(24-18(26)13-28-20-6-2-4-10-22-20)12-17(15)25-19(27)14-29-21-7-3-5-11-23-21/h2-12H,13-14H2,1H3,(H,24,26)(H,25,27). The van der Waals surface area contributed by atoms with Gasteiger partial charge in [0.05, 0.1) is 21.6 Å². The first-order chi connectivity index (χ1) is 14.1. The summed E-state index contributed by atoms with van der Waals surface area (Å²) in [6.07, 6.45) is 3.39. The first kappa shape index (κ1) is 20.9. The summed E-state index contributed by atoms with van der Waals surface area (Å²) in [4.78, 5) is 32.9. The fraction of sp³-hybridized carbons (Fsp3) is 0.143. The Hall–Kier alpha value is -2.84. The molecule has 0 fully saturated rings. The highest BCUT2D eigenvalue weighted by Gasteiger charge is 2.09. The summed E-state index contributed by atoms with van der Waals surface area (Å²) >= 11 is 2.74. The summed E-state index contributed by atoms with van der Waals surface area (Å²) in [7, 11) is 0. The predicted molar refractivity (Wildman–Crippen MR) is 118 cm³/mol. The van der Waals surface area contributed by atoms with Crippen molar-refractivity contribution >= 4 is 46.7 Å². The second kappa shape index (κ2) is 10.6. The molecule has 0 radical (unpaired) electrons. The Bertz CT molecular complexity index is 969. The average molecular weight is 425 g/mol. The fourth-order valence-corrected chi connectivity index (χ4v) is 3.68. The van der Waals surface area contributed by atoms with Crippen molar-refractivity contribution in [2.24, 2.45) is 0 Å². The van der Waals surface area contributed by atoms with Crippen molar-refractivity contribution in [1.82, 2.24) is 9.97 Å². The molecule has 1 aromatic carbocycles. The Kier molecular flexibility index (Phi) is 7.66. The van der Waals surface area contributed by atoms with Gasteiger partial charge in [-0.05, 0) is 48.9 Å². The van der Waals surface area contributed by atoms with Gasteiger partial charge in [0.2, 0.25) is 11.8 Å². The van der Waals surface area contributed by atoms with E-state index in [1.807, 2.05) is 55.5 Å². The number of carbonyl (C=O) groups excluding carboxylic acids is 2. The molecule has 2 N–H and O–H groups in total. The van der Waals surface area contributed by atoms with Crippen LogP contribution in [-0.2, 0) is 9.59 Å². The number of nitrogens with one attached hydrogen (secondary N) is 2. The Balaban J connectivity index is 1.53. The minimum absolute atomic E-state index is 0.127. The molecule has 0 aliphatic carbocycles. The van der Waals surface area contributed by atoms with Gasteiger partial charge in [-0.15, -0.1) is 0 Å². The third-order valence-corrected chi connectivity index (χ3v) is 5.66. The fourth-order valence-electron chi connectivity index (χ4n) is 2.36. The number of anilines is 2. The monoisotopic (exact) mass is 424 g/mol. The number of aryl methyl sites for hydroxylation is 1. The molecule has 29 heavy (non-hydrogen) atoms. The zero-order valence-corrected chi connectivity index (χ0v) is 17.4. The Morgan fingerprint density at radius 1 is 0.828 bits per heavy atom. The van der Waals surface area contributed by atoms with Crippen molar-refractivity contribution < 1.29 is 9.59 Å². The molecular weight excluding hydrogens is 404 g/mol. The zero-order chi connectivity index (χ0) is 20.5. The highest BCUT2D eigenvalue weighted by Crippen LogP contribution is 2.22. The van der Waals surface area contributed by atoms with Crippen LogP contribution >= 0.6 is 23.5 Å². The minimum Gasteiger partial charge on any atom is -0.325 e. The van der Waals surface area contributed by atoms with E-state index in [0.717, 1.165) is 15.6 Å². The molecule has 8 heteroatoms. The lowest BCUT2D eigenvalue weighted by Gasteiger charge is -2.11. The molecular formula is C21H20N4O2S2. The maximum absolute atomic E-state index is 12.3. The first-order valence-corrected chi connectivity index (χ1v) is 10.9. The van der Waals surface area contributed by atoms with E-state index in [9.17, 15) is 9.59 Å². The molecule has 0 aliphatic rings. The van der Waals surface area contributed by atoms with E-state index in [-0.39, 0.29) is 23.3 Å². The molecule has 3 aromatic rings. The number of aromatic nitrogens is 2. The van der Waals surface area contributed by atoms with Gasteiger partial charge in [0, 0.05) is 23.8 Å². The number of rotatable bonds is 8. The van der Waals surface area contributed by atoms with Gasteiger partial charge in [-0.1, -0.05) is 41.7 Å². The lowest BCUT2D eigenvalue weighted by Crippen LogP contribution is -2.17. The number of nitrogens with zero attached hydrogens (tertiary/aromatic N) is 2. The third kappa shape index (κ3) is 6.92. The smallest absolute Gasteiger partial charge is 0.234 e. The summed E-state index contributed by atoms with van der Waals surface area (Å²) < 4.78 is 0.